The first-order valence-electron chi connectivity index (χ1n) is 3.97. The highest BCUT2D eigenvalue weighted by molar-refractivity contribution is 7.16. The summed E-state index contributed by atoms with van der Waals surface area (Å²) in [6.45, 7) is 10.1. The first kappa shape index (κ1) is 14.9. The van der Waals surface area contributed by atoms with Crippen LogP contribution in [0.15, 0.2) is 12.2 Å². The lowest BCUT2D eigenvalue weighted by molar-refractivity contribution is -0.117. The van der Waals surface area contributed by atoms with Gasteiger partial charge in [-0.1, -0.05) is 20.4 Å². The Labute approximate surface area is 80.3 Å². The Balaban J connectivity index is 0. The molecule has 0 aliphatic carbocycles. The van der Waals surface area contributed by atoms with E-state index in [1.54, 1.807) is 6.92 Å². The minimum absolute atomic E-state index is 0.0475. The molecule has 0 aliphatic rings. The Bertz CT molecular complexity index is 180. The van der Waals surface area contributed by atoms with Gasteiger partial charge in [0.2, 0.25) is 5.91 Å². The van der Waals surface area contributed by atoms with Crippen LogP contribution < -0.4 is 5.32 Å². The molecule has 78 valence electrons. The summed E-state index contributed by atoms with van der Waals surface area (Å²) in [5.74, 6) is 0.456. The SMILES string of the molecule is C=C(C)C(=O)NCC(C)C.O=[PH2]O. The van der Waals surface area contributed by atoms with Crippen LogP contribution >= 0.6 is 8.69 Å². The maximum atomic E-state index is 10.8. The van der Waals surface area contributed by atoms with Gasteiger partial charge in [0.25, 0.3) is 0 Å². The molecule has 1 amide bonds. The summed E-state index contributed by atoms with van der Waals surface area (Å²) in [4.78, 5) is 17.9. The van der Waals surface area contributed by atoms with Gasteiger partial charge in [-0.3, -0.25) is 9.36 Å². The number of hydrogen-bond acceptors (Lipinski definition) is 2. The summed E-state index contributed by atoms with van der Waals surface area (Å²) < 4.78 is 8.57. The molecule has 0 heterocycles. The van der Waals surface area contributed by atoms with Gasteiger partial charge >= 0.3 is 0 Å². The smallest absolute Gasteiger partial charge is 0.246 e. The second kappa shape index (κ2) is 9.49. The first-order chi connectivity index (χ1) is 5.95. The van der Waals surface area contributed by atoms with E-state index in [0.29, 0.717) is 11.5 Å². The Kier molecular flexibility index (Phi) is 10.9. The van der Waals surface area contributed by atoms with Crippen molar-refractivity contribution < 1.29 is 14.3 Å². The van der Waals surface area contributed by atoms with Gasteiger partial charge in [0.05, 0.1) is 0 Å². The Morgan fingerprint density at radius 2 is 2.00 bits per heavy atom. The second-order valence-electron chi connectivity index (χ2n) is 2.99. The molecule has 0 fully saturated rings. The fraction of sp³-hybridized carbons (Fsp3) is 0.625. The van der Waals surface area contributed by atoms with Gasteiger partial charge in [-0.05, 0) is 12.8 Å². The molecule has 5 heteroatoms. The van der Waals surface area contributed by atoms with Gasteiger partial charge in [-0.25, -0.2) is 0 Å². The topological polar surface area (TPSA) is 66.4 Å². The molecule has 0 bridgehead atoms. The molecule has 0 aliphatic heterocycles. The van der Waals surface area contributed by atoms with Crippen molar-refractivity contribution in [2.45, 2.75) is 20.8 Å². The van der Waals surface area contributed by atoms with Gasteiger partial charge in [0.1, 0.15) is 0 Å². The predicted octanol–water partition coefficient (Wildman–Crippen LogP) is 0.985. The molecule has 13 heavy (non-hydrogen) atoms. The summed E-state index contributed by atoms with van der Waals surface area (Å²) in [5, 5.41) is 2.74. The van der Waals surface area contributed by atoms with Crippen LogP contribution in [0.25, 0.3) is 0 Å². The fourth-order valence-corrected chi connectivity index (χ4v) is 0.448. The summed E-state index contributed by atoms with van der Waals surface area (Å²) in [6.07, 6.45) is 0. The largest absolute Gasteiger partial charge is 0.352 e. The van der Waals surface area contributed by atoms with Crippen LogP contribution in [-0.2, 0) is 9.36 Å². The van der Waals surface area contributed by atoms with Gasteiger partial charge in [-0.15, -0.1) is 0 Å². The Morgan fingerprint density at radius 1 is 1.62 bits per heavy atom. The maximum Gasteiger partial charge on any atom is 0.246 e. The van der Waals surface area contributed by atoms with E-state index in [9.17, 15) is 4.79 Å². The molecule has 0 saturated carbocycles. The van der Waals surface area contributed by atoms with E-state index in [1.807, 2.05) is 0 Å². The van der Waals surface area contributed by atoms with E-state index < -0.39 is 8.69 Å². The van der Waals surface area contributed by atoms with Crippen LogP contribution in [0.4, 0.5) is 0 Å². The van der Waals surface area contributed by atoms with Crippen molar-refractivity contribution in [3.63, 3.8) is 0 Å². The lowest BCUT2D eigenvalue weighted by atomic mass is 10.2. The second-order valence-corrected chi connectivity index (χ2v) is 3.20. The van der Waals surface area contributed by atoms with E-state index >= 15 is 0 Å². The molecule has 2 N–H and O–H groups in total. The zero-order valence-corrected chi connectivity index (χ0v) is 9.49. The van der Waals surface area contributed by atoms with Crippen LogP contribution in [0.5, 0.6) is 0 Å². The summed E-state index contributed by atoms with van der Waals surface area (Å²) in [6, 6.07) is 0. The third kappa shape index (κ3) is 14.3. The number of amides is 1. The van der Waals surface area contributed by atoms with E-state index in [-0.39, 0.29) is 5.91 Å². The lowest BCUT2D eigenvalue weighted by Crippen LogP contribution is -2.27. The van der Waals surface area contributed by atoms with Crippen molar-refractivity contribution in [3.05, 3.63) is 12.2 Å². The molecular weight excluding hydrogens is 189 g/mol. The van der Waals surface area contributed by atoms with Gasteiger partial charge < -0.3 is 10.2 Å². The van der Waals surface area contributed by atoms with E-state index in [2.05, 4.69) is 25.7 Å². The van der Waals surface area contributed by atoms with Crippen molar-refractivity contribution in [2.75, 3.05) is 6.54 Å². The third-order valence-corrected chi connectivity index (χ3v) is 1.06. The van der Waals surface area contributed by atoms with Gasteiger partial charge in [0, 0.05) is 12.1 Å². The van der Waals surface area contributed by atoms with Gasteiger partial charge in [-0.2, -0.15) is 0 Å². The monoisotopic (exact) mass is 207 g/mol. The zero-order chi connectivity index (χ0) is 10.9. The minimum atomic E-state index is -1.50. The molecule has 0 spiro atoms. The predicted molar refractivity (Wildman–Crippen MR) is 55.3 cm³/mol. The maximum absolute atomic E-state index is 10.8. The number of nitrogens with one attached hydrogen (secondary N) is 1. The lowest BCUT2D eigenvalue weighted by Gasteiger charge is -2.05. The average Bonchev–Trinajstić information content (AvgIpc) is 2.01. The van der Waals surface area contributed by atoms with Crippen LogP contribution in [0.2, 0.25) is 0 Å². The number of carbonyl (C=O) groups excluding carboxylic acids is 1. The molecule has 0 aromatic carbocycles. The third-order valence-electron chi connectivity index (χ3n) is 1.06. The summed E-state index contributed by atoms with van der Waals surface area (Å²) >= 11 is 0. The summed E-state index contributed by atoms with van der Waals surface area (Å²) in [5.41, 5.74) is 0.570. The normalized spacial score (nSPS) is 9.62. The molecule has 0 radical (unpaired) electrons. The molecule has 1 unspecified atom stereocenters. The van der Waals surface area contributed by atoms with Crippen LogP contribution in [0.1, 0.15) is 20.8 Å². The van der Waals surface area contributed by atoms with Gasteiger partial charge in [0.15, 0.2) is 8.69 Å². The van der Waals surface area contributed by atoms with E-state index in [0.717, 1.165) is 6.54 Å². The van der Waals surface area contributed by atoms with Crippen molar-refractivity contribution in [2.24, 2.45) is 5.92 Å². The first-order valence-corrected chi connectivity index (χ1v) is 4.96. The highest BCUT2D eigenvalue weighted by Gasteiger charge is 2.00. The minimum Gasteiger partial charge on any atom is -0.352 e. The van der Waals surface area contributed by atoms with E-state index in [1.165, 1.54) is 0 Å². The molecule has 0 saturated heterocycles. The van der Waals surface area contributed by atoms with Crippen LogP contribution in [0, 0.1) is 5.92 Å². The standard InChI is InChI=1S/C8H15NO.H3O2P/c1-6(2)5-9-8(10)7(3)4;1-3-2/h6H,3,5H2,1-2,4H3,(H,9,10);3H2,(H,1,2). The molecular formula is C8H18NO3P. The number of carbonyl (C=O) groups is 1. The van der Waals surface area contributed by atoms with Crippen LogP contribution in [-0.4, -0.2) is 17.3 Å². The van der Waals surface area contributed by atoms with E-state index in [4.69, 9.17) is 9.46 Å². The average molecular weight is 207 g/mol. The van der Waals surface area contributed by atoms with Crippen molar-refractivity contribution >= 4 is 14.6 Å². The highest BCUT2D eigenvalue weighted by Crippen LogP contribution is 1.90. The quantitative estimate of drug-likeness (QED) is 0.535. The highest BCUT2D eigenvalue weighted by atomic mass is 31.1. The molecule has 0 rings (SSSR count). The zero-order valence-electron chi connectivity index (χ0n) is 8.33. The summed E-state index contributed by atoms with van der Waals surface area (Å²) in [7, 11) is -1.50. The van der Waals surface area contributed by atoms with Crippen molar-refractivity contribution in [3.8, 4) is 0 Å². The number of hydrogen-bond donors (Lipinski definition) is 2. The molecule has 0 aromatic rings. The van der Waals surface area contributed by atoms with Crippen molar-refractivity contribution in [1.82, 2.24) is 5.32 Å². The number of rotatable bonds is 3. The van der Waals surface area contributed by atoms with Crippen LogP contribution in [0.3, 0.4) is 0 Å². The molecule has 4 nitrogen and oxygen atoms in total. The molecule has 1 atom stereocenters. The fourth-order valence-electron chi connectivity index (χ4n) is 0.448. The Morgan fingerprint density at radius 3 is 2.23 bits per heavy atom. The Hall–Kier alpha value is -0.600. The van der Waals surface area contributed by atoms with Crippen molar-refractivity contribution in [1.29, 1.82) is 0 Å². The molecule has 0 aromatic heterocycles.